The molecule has 0 spiro atoms. The van der Waals surface area contributed by atoms with E-state index >= 15 is 0 Å². The van der Waals surface area contributed by atoms with Gasteiger partial charge < -0.3 is 46.3 Å². The molecule has 7 N–H and O–H groups in total. The zero-order valence-corrected chi connectivity index (χ0v) is 69.5. The van der Waals surface area contributed by atoms with Crippen LogP contribution in [-0.4, -0.2) is 84.1 Å². The van der Waals surface area contributed by atoms with Crippen molar-refractivity contribution in [3.8, 4) is 46.0 Å². The fourth-order valence-corrected chi connectivity index (χ4v) is 14.4. The van der Waals surface area contributed by atoms with Gasteiger partial charge in [0.1, 0.15) is 43.1 Å². The Morgan fingerprint density at radius 2 is 0.566 bits per heavy atom. The number of carboxylic acid groups (broad SMARTS) is 1. The number of carboxylic acids is 1. The number of carbonyl (C=O) groups excluding carboxylic acids is 1. The molecule has 20 aromatic rings. The molecular weight excluding hydrogens is 1610 g/mol. The number of methoxy groups -OCH3 is 2. The summed E-state index contributed by atoms with van der Waals surface area (Å²) in [5, 5.41) is 44.3. The number of hydrogen-bond donors (Lipinski definition) is 7. The van der Waals surface area contributed by atoms with Crippen molar-refractivity contribution in [3.05, 3.63) is 440 Å². The topological polar surface area (TPSA) is 266 Å². The quantitative estimate of drug-likeness (QED) is 0.0293. The Balaban J connectivity index is 0.000000130. The summed E-state index contributed by atoms with van der Waals surface area (Å²) < 4.78 is 20.3. The molecule has 0 aliphatic heterocycles. The first-order valence-electron chi connectivity index (χ1n) is 41.1. The minimum Gasteiger partial charge on any atom is -0.508 e. The largest absolute Gasteiger partial charge is 0.508 e. The number of esters is 1. The molecule has 0 saturated heterocycles. The molecule has 5 aromatic heterocycles. The number of rotatable bonds is 23. The fourth-order valence-electron chi connectivity index (χ4n) is 14.4. The highest BCUT2D eigenvalue weighted by atomic mass is 16.5. The van der Waals surface area contributed by atoms with Gasteiger partial charge in [0, 0.05) is 89.6 Å². The molecule has 0 aliphatic carbocycles. The first-order chi connectivity index (χ1) is 62.4. The minimum atomic E-state index is -0.912. The maximum absolute atomic E-state index is 11.5. The van der Waals surface area contributed by atoms with Crippen molar-refractivity contribution >= 4 is 95.5 Å². The van der Waals surface area contributed by atoms with Crippen molar-refractivity contribution in [1.82, 2.24) is 47.8 Å². The van der Waals surface area contributed by atoms with Crippen LogP contribution in [0.15, 0.2) is 396 Å². The molecule has 0 atom stereocenters. The predicted octanol–water partition coefficient (Wildman–Crippen LogP) is 23.5. The molecule has 0 unspecified atom stereocenters. The average molecular weight is 1700 g/mol. The Hall–Kier alpha value is -17.3. The number of aromatic nitrogens is 10. The van der Waals surface area contributed by atoms with Crippen molar-refractivity contribution in [3.63, 3.8) is 0 Å². The number of nitrogens with zero attached hydrogens (tertiary/aromatic N) is 11. The number of nitrogens with one attached hydrogen (secondary N) is 5. The van der Waals surface area contributed by atoms with Gasteiger partial charge in [0.15, 0.2) is 0 Å². The maximum atomic E-state index is 11.5. The number of ether oxygens (including phenoxy) is 2. The lowest BCUT2D eigenvalue weighted by Gasteiger charge is -2.10. The van der Waals surface area contributed by atoms with E-state index in [2.05, 4.69) is 184 Å². The highest BCUT2D eigenvalue weighted by molar-refractivity contribution is 5.90. The highest BCUT2D eigenvalue weighted by Crippen LogP contribution is 2.29. The second-order valence-corrected chi connectivity index (χ2v) is 29.5. The molecule has 0 aliphatic rings. The van der Waals surface area contributed by atoms with Crippen LogP contribution in [0.2, 0.25) is 0 Å². The third-order valence-electron chi connectivity index (χ3n) is 21.1. The molecule has 640 valence electrons. The second-order valence-electron chi connectivity index (χ2n) is 29.5. The number of hydrogen-bond acceptors (Lipinski definition) is 16. The Kier molecular flexibility index (Phi) is 29.1. The van der Waals surface area contributed by atoms with E-state index in [0.29, 0.717) is 42.9 Å². The van der Waals surface area contributed by atoms with Gasteiger partial charge in [-0.05, 0) is 240 Å². The SMILES string of the molecule is C.C.COC(=O)c1ccc(CNc2cccc(-n3cnc4ccccc43)c2)cc1.COc1ccc(CNc2cccc(-n3cnc4ccccc43)c2)cc1.N#Cc1ccc(CNc2cccc(-n3cnc4ccccc43)c2)cc1.O=C(O)c1ccc(CNc2cccc(-n3cnc4ccccc43)c2)cc1.Oc1ccc(CNc2cccc(-n3cnc4ccccc43)c2)cc1. The lowest BCUT2D eigenvalue weighted by molar-refractivity contribution is 0.0599. The zero-order valence-electron chi connectivity index (χ0n) is 69.5. The highest BCUT2D eigenvalue weighted by Gasteiger charge is 2.13. The van der Waals surface area contributed by atoms with Crippen LogP contribution >= 0.6 is 0 Å². The van der Waals surface area contributed by atoms with Crippen molar-refractivity contribution in [2.24, 2.45) is 0 Å². The zero-order chi connectivity index (χ0) is 87.1. The van der Waals surface area contributed by atoms with Crippen molar-refractivity contribution in [2.75, 3.05) is 40.8 Å². The van der Waals surface area contributed by atoms with E-state index < -0.39 is 5.97 Å². The number of carbonyl (C=O) groups is 2. The first-order valence-corrected chi connectivity index (χ1v) is 41.1. The second kappa shape index (κ2) is 42.7. The smallest absolute Gasteiger partial charge is 0.337 e. The van der Waals surface area contributed by atoms with Crippen LogP contribution in [0.25, 0.3) is 83.6 Å². The molecule has 0 saturated carbocycles. The molecular formula is C107H96N16O6. The molecule has 0 radical (unpaired) electrons. The van der Waals surface area contributed by atoms with Crippen LogP contribution in [0.3, 0.4) is 0 Å². The van der Waals surface area contributed by atoms with Crippen LogP contribution in [0, 0.1) is 11.3 Å². The van der Waals surface area contributed by atoms with Crippen LogP contribution in [0.5, 0.6) is 11.5 Å². The van der Waals surface area contributed by atoms with E-state index in [1.165, 1.54) is 12.7 Å². The summed E-state index contributed by atoms with van der Waals surface area (Å²) in [6, 6.07) is 121. The number of fused-ring (bicyclic) bond motifs is 5. The van der Waals surface area contributed by atoms with E-state index in [0.717, 1.165) is 147 Å². The Bertz CT molecular complexity index is 7160. The molecule has 0 amide bonds. The van der Waals surface area contributed by atoms with E-state index in [-0.39, 0.29) is 26.6 Å². The third kappa shape index (κ3) is 22.4. The summed E-state index contributed by atoms with van der Waals surface area (Å²) in [4.78, 5) is 44.7. The minimum absolute atomic E-state index is 0. The van der Waals surface area contributed by atoms with Crippen molar-refractivity contribution in [2.45, 2.75) is 47.6 Å². The van der Waals surface area contributed by atoms with Gasteiger partial charge in [-0.2, -0.15) is 5.26 Å². The van der Waals surface area contributed by atoms with Gasteiger partial charge in [-0.3, -0.25) is 22.8 Å². The van der Waals surface area contributed by atoms with E-state index in [1.807, 2.05) is 256 Å². The molecule has 22 heteroatoms. The van der Waals surface area contributed by atoms with E-state index in [9.17, 15) is 14.7 Å². The molecule has 0 fully saturated rings. The van der Waals surface area contributed by atoms with E-state index in [4.69, 9.17) is 19.8 Å². The number of nitriles is 1. The lowest BCUT2D eigenvalue weighted by Crippen LogP contribution is -2.03. The van der Waals surface area contributed by atoms with Gasteiger partial charge in [0.2, 0.25) is 0 Å². The van der Waals surface area contributed by atoms with Gasteiger partial charge in [0.25, 0.3) is 0 Å². The monoisotopic (exact) mass is 1700 g/mol. The van der Waals surface area contributed by atoms with Crippen molar-refractivity contribution in [1.29, 1.82) is 5.26 Å². The molecule has 0 bridgehead atoms. The van der Waals surface area contributed by atoms with Gasteiger partial charge in [-0.15, -0.1) is 0 Å². The average Bonchev–Trinajstić information content (AvgIpc) is 1.69. The number of benzene rings is 15. The van der Waals surface area contributed by atoms with Crippen LogP contribution in [-0.2, 0) is 37.5 Å². The molecule has 129 heavy (non-hydrogen) atoms. The van der Waals surface area contributed by atoms with Gasteiger partial charge in [0.05, 0.1) is 92.1 Å². The molecule has 5 heterocycles. The summed E-state index contributed by atoms with van der Waals surface area (Å²) in [7, 11) is 3.06. The van der Waals surface area contributed by atoms with Crippen LogP contribution in [0.1, 0.15) is 68.9 Å². The normalized spacial score (nSPS) is 10.6. The Morgan fingerprint density at radius 3 is 0.822 bits per heavy atom. The first kappa shape index (κ1) is 88.0. The molecule has 20 rings (SSSR count). The third-order valence-corrected chi connectivity index (χ3v) is 21.1. The Labute approximate surface area is 748 Å². The summed E-state index contributed by atoms with van der Waals surface area (Å²) in [6.45, 7) is 3.45. The standard InChI is InChI=1S/C22H19N3O2.C21H16N4.C21H17N3O2.C21H19N3O.C20H17N3O.2CH4/c1-27-22(26)17-11-9-16(10-12-17)14-23-18-5-4-6-19(13-18)25-15-24-20-7-2-3-8-21(20)25;22-13-16-8-10-17(11-9-16)14-23-18-4-3-5-19(12-18)25-15-24-20-6-1-2-7-21(20)25;25-21(26)16-10-8-15(9-11-16)13-22-17-4-3-5-18(12-17)24-14-23-19-6-1-2-7-20(19)24;1-25-19-11-9-16(10-12-19)14-22-17-5-4-6-18(13-17)24-15-23-20-7-2-3-8-21(20)24;24-18-10-8-15(9-11-18)13-21-16-4-3-5-17(12-16)23-14-22-19-6-1-2-7-20(19)23;;/h2-13,15,23H,14H2,1H3;1-12,15,23H,14H2;1-12,14,22H,13H2,(H,25,26);2-13,15,22H,14H2,1H3;1-12,14,21,24H,13H2;2*1H4. The van der Waals surface area contributed by atoms with Gasteiger partial charge >= 0.3 is 11.9 Å². The number of aromatic hydroxyl groups is 1. The van der Waals surface area contributed by atoms with E-state index in [1.54, 1.807) is 43.5 Å². The van der Waals surface area contributed by atoms with Crippen LogP contribution < -0.4 is 31.3 Å². The number of para-hydroxylation sites is 10. The number of aromatic carboxylic acids is 1. The number of phenolic OH excluding ortho intramolecular Hbond substituents is 1. The molecule has 15 aromatic carbocycles. The van der Waals surface area contributed by atoms with Gasteiger partial charge in [-0.25, -0.2) is 34.5 Å². The number of imidazole rings is 5. The summed E-state index contributed by atoms with van der Waals surface area (Å²) in [5.74, 6) is -0.0787. The van der Waals surface area contributed by atoms with Crippen molar-refractivity contribution < 1.29 is 29.3 Å². The lowest BCUT2D eigenvalue weighted by atomic mass is 10.1. The summed E-state index contributed by atoms with van der Waals surface area (Å²) in [5.41, 5.74) is 27.9. The summed E-state index contributed by atoms with van der Waals surface area (Å²) >= 11 is 0. The molecule has 22 nitrogen and oxygen atoms in total. The predicted molar refractivity (Wildman–Crippen MR) is 519 cm³/mol. The number of anilines is 5. The summed E-state index contributed by atoms with van der Waals surface area (Å²) in [6.07, 6.45) is 9.24. The fraction of sp³-hybridized carbons (Fsp3) is 0.0841. The number of phenols is 1. The van der Waals surface area contributed by atoms with Crippen LogP contribution in [0.4, 0.5) is 28.4 Å². The maximum Gasteiger partial charge on any atom is 0.337 e. The Morgan fingerprint density at radius 1 is 0.318 bits per heavy atom. The van der Waals surface area contributed by atoms with Gasteiger partial charge in [-0.1, -0.05) is 167 Å².